The molecule has 0 bridgehead atoms. The Balaban J connectivity index is 2.13. The van der Waals surface area contributed by atoms with Crippen LogP contribution in [0.5, 0.6) is 0 Å². The van der Waals surface area contributed by atoms with Crippen molar-refractivity contribution in [2.24, 2.45) is 0 Å². The second kappa shape index (κ2) is 5.58. The third-order valence-corrected chi connectivity index (χ3v) is 3.54. The molecule has 2 N–H and O–H groups in total. The molecule has 0 aliphatic carbocycles. The van der Waals surface area contributed by atoms with Gasteiger partial charge in [-0.05, 0) is 43.7 Å². The lowest BCUT2D eigenvalue weighted by Gasteiger charge is -2.15. The van der Waals surface area contributed by atoms with Crippen LogP contribution in [0, 0.1) is 6.92 Å². The monoisotopic (exact) mass is 294 g/mol. The molecule has 0 radical (unpaired) electrons. The highest BCUT2D eigenvalue weighted by Crippen LogP contribution is 2.24. The number of hydrogen-bond donors (Lipinski definition) is 2. The third kappa shape index (κ3) is 3.77. The summed E-state index contributed by atoms with van der Waals surface area (Å²) in [7, 11) is -3.25. The molecule has 2 rings (SSSR count). The summed E-state index contributed by atoms with van der Waals surface area (Å²) in [5, 5.41) is 3.34. The molecule has 1 heterocycles. The number of sulfonamides is 1. The molecule has 0 saturated heterocycles. The van der Waals surface area contributed by atoms with Crippen molar-refractivity contribution in [1.29, 1.82) is 0 Å². The molecule has 0 aliphatic heterocycles. The van der Waals surface area contributed by atoms with Crippen molar-refractivity contribution >= 4 is 21.4 Å². The van der Waals surface area contributed by atoms with E-state index in [4.69, 9.17) is 4.42 Å². The van der Waals surface area contributed by atoms with Crippen LogP contribution in [-0.4, -0.2) is 14.7 Å². The first-order valence-corrected chi connectivity index (χ1v) is 8.11. The highest BCUT2D eigenvalue weighted by Gasteiger charge is 2.09. The Morgan fingerprint density at radius 3 is 2.55 bits per heavy atom. The van der Waals surface area contributed by atoms with E-state index >= 15 is 0 Å². The fraction of sp³-hybridized carbons (Fsp3) is 0.286. The van der Waals surface area contributed by atoms with Gasteiger partial charge in [-0.2, -0.15) is 0 Å². The van der Waals surface area contributed by atoms with Crippen LogP contribution in [0.1, 0.15) is 24.1 Å². The first-order chi connectivity index (χ1) is 9.35. The second-order valence-electron chi connectivity index (χ2n) is 4.83. The van der Waals surface area contributed by atoms with Gasteiger partial charge in [0.2, 0.25) is 10.0 Å². The van der Waals surface area contributed by atoms with E-state index in [1.807, 2.05) is 32.0 Å². The molecule has 1 aromatic heterocycles. The molecule has 0 spiro atoms. The maximum atomic E-state index is 11.2. The highest BCUT2D eigenvalue weighted by molar-refractivity contribution is 7.92. The second-order valence-corrected chi connectivity index (χ2v) is 6.58. The zero-order chi connectivity index (χ0) is 14.8. The molecule has 108 valence electrons. The number of hydrogen-bond acceptors (Lipinski definition) is 4. The minimum Gasteiger partial charge on any atom is -0.472 e. The van der Waals surface area contributed by atoms with Crippen LogP contribution < -0.4 is 10.0 Å². The molecule has 0 fully saturated rings. The van der Waals surface area contributed by atoms with Crippen LogP contribution >= 0.6 is 0 Å². The van der Waals surface area contributed by atoms with Crippen molar-refractivity contribution in [3.63, 3.8) is 0 Å². The van der Waals surface area contributed by atoms with Gasteiger partial charge in [-0.25, -0.2) is 8.42 Å². The molecule has 1 unspecified atom stereocenters. The Bertz CT molecular complexity index is 678. The number of rotatable bonds is 5. The highest BCUT2D eigenvalue weighted by atomic mass is 32.2. The normalized spacial score (nSPS) is 12.9. The fourth-order valence-corrected chi connectivity index (χ4v) is 2.55. The molecule has 20 heavy (non-hydrogen) atoms. The summed E-state index contributed by atoms with van der Waals surface area (Å²) in [6.45, 7) is 3.89. The molecular weight excluding hydrogens is 276 g/mol. The van der Waals surface area contributed by atoms with Crippen LogP contribution in [0.15, 0.2) is 41.2 Å². The van der Waals surface area contributed by atoms with Crippen molar-refractivity contribution in [3.05, 3.63) is 47.9 Å². The number of nitrogens with one attached hydrogen (secondary N) is 2. The molecular formula is C14H18N2O3S. The van der Waals surface area contributed by atoms with Gasteiger partial charge >= 0.3 is 0 Å². The number of anilines is 2. The first-order valence-electron chi connectivity index (χ1n) is 6.22. The summed E-state index contributed by atoms with van der Waals surface area (Å²) in [6, 6.07) is 7.52. The van der Waals surface area contributed by atoms with Crippen LogP contribution in [-0.2, 0) is 10.0 Å². The predicted octanol–water partition coefficient (Wildman–Crippen LogP) is 3.13. The summed E-state index contributed by atoms with van der Waals surface area (Å²) in [5.74, 6) is 0. The first kappa shape index (κ1) is 14.5. The van der Waals surface area contributed by atoms with Crippen LogP contribution in [0.2, 0.25) is 0 Å². The summed E-state index contributed by atoms with van der Waals surface area (Å²) < 4.78 is 30.0. The van der Waals surface area contributed by atoms with Crippen LogP contribution in [0.3, 0.4) is 0 Å². The van der Waals surface area contributed by atoms with E-state index in [2.05, 4.69) is 10.0 Å². The van der Waals surface area contributed by atoms with E-state index in [9.17, 15) is 8.42 Å². The summed E-state index contributed by atoms with van der Waals surface area (Å²) >= 11 is 0. The van der Waals surface area contributed by atoms with Gasteiger partial charge in [0.15, 0.2) is 0 Å². The molecule has 6 heteroatoms. The molecule has 1 aromatic carbocycles. The van der Waals surface area contributed by atoms with Crippen molar-refractivity contribution in [3.8, 4) is 0 Å². The summed E-state index contributed by atoms with van der Waals surface area (Å²) in [5.41, 5.74) is 3.44. The average Bonchev–Trinajstić information content (AvgIpc) is 2.85. The standard InChI is InChI=1S/C14H18N2O3S/c1-10-8-13(4-5-14(10)16-20(3,17)18)15-11(2)12-6-7-19-9-12/h4-9,11,15-16H,1-3H3. The van der Waals surface area contributed by atoms with Crippen LogP contribution in [0.25, 0.3) is 0 Å². The van der Waals surface area contributed by atoms with Crippen molar-refractivity contribution in [2.45, 2.75) is 19.9 Å². The van der Waals surface area contributed by atoms with E-state index in [1.165, 1.54) is 0 Å². The lowest BCUT2D eigenvalue weighted by Crippen LogP contribution is -2.11. The third-order valence-electron chi connectivity index (χ3n) is 2.95. The van der Waals surface area contributed by atoms with E-state index in [-0.39, 0.29) is 6.04 Å². The van der Waals surface area contributed by atoms with Gasteiger partial charge in [-0.1, -0.05) is 0 Å². The number of furan rings is 1. The zero-order valence-electron chi connectivity index (χ0n) is 11.7. The number of benzene rings is 1. The Hall–Kier alpha value is -1.95. The quantitative estimate of drug-likeness (QED) is 0.888. The zero-order valence-corrected chi connectivity index (χ0v) is 12.5. The summed E-state index contributed by atoms with van der Waals surface area (Å²) in [4.78, 5) is 0. The van der Waals surface area contributed by atoms with Crippen molar-refractivity contribution in [1.82, 2.24) is 0 Å². The minimum atomic E-state index is -3.25. The topological polar surface area (TPSA) is 71.3 Å². The van der Waals surface area contributed by atoms with Gasteiger partial charge in [0.25, 0.3) is 0 Å². The predicted molar refractivity (Wildman–Crippen MR) is 80.4 cm³/mol. The largest absolute Gasteiger partial charge is 0.472 e. The van der Waals surface area contributed by atoms with Crippen molar-refractivity contribution < 1.29 is 12.8 Å². The molecule has 0 aliphatic rings. The Kier molecular flexibility index (Phi) is 4.04. The smallest absolute Gasteiger partial charge is 0.229 e. The Labute approximate surface area is 119 Å². The van der Waals surface area contributed by atoms with Crippen LogP contribution in [0.4, 0.5) is 11.4 Å². The average molecular weight is 294 g/mol. The van der Waals surface area contributed by atoms with Crippen molar-refractivity contribution in [2.75, 3.05) is 16.3 Å². The van der Waals surface area contributed by atoms with Gasteiger partial charge in [-0.15, -0.1) is 0 Å². The SMILES string of the molecule is Cc1cc(NC(C)c2ccoc2)ccc1NS(C)(=O)=O. The van der Waals surface area contributed by atoms with Gasteiger partial charge in [0.05, 0.1) is 30.5 Å². The maximum Gasteiger partial charge on any atom is 0.229 e. The van der Waals surface area contributed by atoms with E-state index in [0.29, 0.717) is 5.69 Å². The fourth-order valence-electron chi connectivity index (χ4n) is 1.92. The molecule has 5 nitrogen and oxygen atoms in total. The van der Waals surface area contributed by atoms with Gasteiger partial charge in [-0.3, -0.25) is 4.72 Å². The lowest BCUT2D eigenvalue weighted by molar-refractivity contribution is 0.562. The van der Waals surface area contributed by atoms with Gasteiger partial charge in [0.1, 0.15) is 0 Å². The lowest BCUT2D eigenvalue weighted by atomic mass is 10.1. The molecule has 2 aromatic rings. The Morgan fingerprint density at radius 1 is 1.25 bits per heavy atom. The summed E-state index contributed by atoms with van der Waals surface area (Å²) in [6.07, 6.45) is 4.47. The Morgan fingerprint density at radius 2 is 2.00 bits per heavy atom. The van der Waals surface area contributed by atoms with Gasteiger partial charge < -0.3 is 9.73 Å². The number of aryl methyl sites for hydroxylation is 1. The van der Waals surface area contributed by atoms with E-state index < -0.39 is 10.0 Å². The van der Waals surface area contributed by atoms with E-state index in [0.717, 1.165) is 23.1 Å². The maximum absolute atomic E-state index is 11.2. The molecule has 0 saturated carbocycles. The van der Waals surface area contributed by atoms with Gasteiger partial charge in [0, 0.05) is 11.3 Å². The molecule has 0 amide bonds. The van der Waals surface area contributed by atoms with E-state index in [1.54, 1.807) is 18.6 Å². The minimum absolute atomic E-state index is 0.113. The molecule has 1 atom stereocenters.